The van der Waals surface area contributed by atoms with Gasteiger partial charge in [0.25, 0.3) is 0 Å². The number of para-hydroxylation sites is 4. The Bertz CT molecular complexity index is 2040. The normalized spacial score (nSPS) is 12.2. The first-order chi connectivity index (χ1) is 34.6. The van der Waals surface area contributed by atoms with E-state index in [2.05, 4.69) is 263 Å². The molecule has 0 aliphatic carbocycles. The Hall–Kier alpha value is -3.24. The summed E-state index contributed by atoms with van der Waals surface area (Å²) in [6.45, 7) is 58.4. The van der Waals surface area contributed by atoms with Gasteiger partial charge in [0.15, 0.2) is 0 Å². The summed E-state index contributed by atoms with van der Waals surface area (Å²) in [5, 5.41) is 10.8. The van der Waals surface area contributed by atoms with Gasteiger partial charge in [-0.3, -0.25) is 0 Å². The van der Waals surface area contributed by atoms with Crippen molar-refractivity contribution in [1.29, 1.82) is 0 Å². The van der Waals surface area contributed by atoms with E-state index in [4.69, 9.17) is 20.6 Å². The molecule has 0 aromatic heterocycles. The number of hydrogen-bond acceptors (Lipinski definition) is 2. The number of aliphatic imine (C=N–C) groups is 2. The van der Waals surface area contributed by atoms with Gasteiger partial charge >= 0.3 is 0 Å². The van der Waals surface area contributed by atoms with Crippen LogP contribution in [0.3, 0.4) is 0 Å². The van der Waals surface area contributed by atoms with E-state index in [0.717, 1.165) is 34.7 Å². The number of unbranched alkanes of at least 4 members (excludes halogenated alkanes) is 3. The van der Waals surface area contributed by atoms with Crippen molar-refractivity contribution in [2.75, 3.05) is 0 Å². The Morgan fingerprint density at radius 2 is 0.520 bits per heavy atom. The van der Waals surface area contributed by atoms with Crippen LogP contribution in [0.1, 0.15) is 298 Å². The van der Waals surface area contributed by atoms with Crippen LogP contribution >= 0.6 is 0 Å². The van der Waals surface area contributed by atoms with Gasteiger partial charge in [-0.15, -0.1) is 0 Å². The second-order valence-electron chi connectivity index (χ2n) is 24.3. The maximum absolute atomic E-state index is 5.42. The van der Waals surface area contributed by atoms with Crippen molar-refractivity contribution in [3.05, 3.63) is 128 Å². The number of hydrogen-bond donors (Lipinski definition) is 0. The predicted octanol–water partition coefficient (Wildman–Crippen LogP) is 22.6. The number of benzene rings is 4. The molecule has 0 unspecified atom stereocenters. The van der Waals surface area contributed by atoms with Crippen molar-refractivity contribution in [2.45, 2.75) is 277 Å². The van der Waals surface area contributed by atoms with E-state index in [9.17, 15) is 0 Å². The fraction of sp³-hybridized carbons (Fsp3) is 0.618. The second-order valence-corrected chi connectivity index (χ2v) is 24.3. The monoisotopic (exact) mass is 1160 g/mol. The van der Waals surface area contributed by atoms with Gasteiger partial charge in [0.2, 0.25) is 0 Å². The van der Waals surface area contributed by atoms with Crippen LogP contribution in [0.5, 0.6) is 0 Å². The molecule has 75 heavy (non-hydrogen) atoms. The average molecular weight is 1160 g/mol. The van der Waals surface area contributed by atoms with Crippen molar-refractivity contribution in [2.24, 2.45) is 9.98 Å². The average Bonchev–Trinajstić information content (AvgIpc) is 3.30. The first-order valence-electron chi connectivity index (χ1n) is 29.3. The van der Waals surface area contributed by atoms with E-state index in [1.807, 2.05) is 0 Å². The topological polar surface area (TPSA) is 59.4 Å². The van der Waals surface area contributed by atoms with Gasteiger partial charge in [-0.25, -0.2) is 0 Å². The van der Waals surface area contributed by atoms with Gasteiger partial charge in [-0.1, -0.05) is 278 Å². The molecule has 4 aromatic rings. The third kappa shape index (κ3) is 20.5. The van der Waals surface area contributed by atoms with Crippen LogP contribution in [-0.4, -0.2) is 45.9 Å². The van der Waals surface area contributed by atoms with Gasteiger partial charge in [0.05, 0.1) is 0 Å². The molecule has 4 aromatic carbocycles. The molecule has 0 amide bonds. The zero-order valence-electron chi connectivity index (χ0n) is 52.8. The molecule has 7 heteroatoms. The van der Waals surface area contributed by atoms with E-state index >= 15 is 0 Å². The molecule has 0 saturated heterocycles. The fourth-order valence-corrected chi connectivity index (χ4v) is 9.86. The Morgan fingerprint density at radius 3 is 0.680 bits per heavy atom. The van der Waals surface area contributed by atoms with Crippen LogP contribution < -0.4 is 0 Å². The molecule has 4 rings (SSSR count). The summed E-state index contributed by atoms with van der Waals surface area (Å²) in [5.74, 6) is 4.74. The molecule has 0 heterocycles. The Morgan fingerprint density at radius 1 is 0.333 bits per heavy atom. The molecule has 0 atom stereocenters. The van der Waals surface area contributed by atoms with Gasteiger partial charge in [0, 0.05) is 52.3 Å². The van der Waals surface area contributed by atoms with Crippen LogP contribution in [0.15, 0.2) is 82.8 Å². The first-order valence-corrected chi connectivity index (χ1v) is 29.3. The molecule has 0 N–H and O–H groups in total. The van der Waals surface area contributed by atoms with Gasteiger partial charge in [-0.2, -0.15) is 0 Å². The first kappa shape index (κ1) is 69.8. The molecule has 0 radical (unpaired) electrons. The minimum absolute atomic E-state index is 0. The molecule has 0 aliphatic heterocycles. The predicted molar refractivity (Wildman–Crippen MR) is 333 cm³/mol. The molecule has 6 nitrogen and oxygen atoms in total. The molecular weight excluding hydrogens is 1050 g/mol. The largest absolute Gasteiger partial charge is 0.421 e. The number of nitrogens with zero attached hydrogens (tertiary/aromatic N) is 6. The fourth-order valence-electron chi connectivity index (χ4n) is 9.86. The van der Waals surface area contributed by atoms with Crippen LogP contribution in [-0.2, 0) is 0 Å². The Labute approximate surface area is 496 Å². The van der Waals surface area contributed by atoms with E-state index in [1.165, 1.54) is 70.2 Å². The van der Waals surface area contributed by atoms with Crippen molar-refractivity contribution in [3.63, 3.8) is 0 Å². The summed E-state index contributed by atoms with van der Waals surface area (Å²) in [7, 11) is 0. The van der Waals surface area contributed by atoms with Crippen LogP contribution in [0.25, 0.3) is 10.6 Å². The summed E-state index contributed by atoms with van der Waals surface area (Å²) >= 11 is 0. The van der Waals surface area contributed by atoms with E-state index in [0.29, 0.717) is 47.3 Å². The van der Waals surface area contributed by atoms with E-state index in [1.54, 1.807) is 0 Å². The maximum Gasteiger partial charge on any atom is 0.0191 e. The summed E-state index contributed by atoms with van der Waals surface area (Å²) in [6.07, 6.45) is 5.54. The molecule has 0 aliphatic rings. The quantitative estimate of drug-likeness (QED) is 0.0534. The maximum atomic E-state index is 5.42. The summed E-state index contributed by atoms with van der Waals surface area (Å²) in [4.78, 5) is 15.6. The SMILES string of the molecule is CC(C)c1cccc(C(C)C)c1N=C([N-]c1c(C(C)C)cccc1C(C)C)N(C(C)C)C(C)C.CC(C)c1cccc(C(C)C)c1N=C([N-]c1c(C(C)C)cccc1C(C)C)N(C(C)C)C(C)C.CCCCCC.[Sm]. The molecular formula is C68H110N6Sm-2. The third-order valence-corrected chi connectivity index (χ3v) is 13.9. The van der Waals surface area contributed by atoms with Crippen LogP contribution in [0, 0.1) is 40.4 Å². The summed E-state index contributed by atoms with van der Waals surface area (Å²) in [5.41, 5.74) is 14.6. The minimum atomic E-state index is 0. The Balaban J connectivity index is 0.000000667. The molecule has 0 bridgehead atoms. The Kier molecular flexibility index (Phi) is 31.6. The second kappa shape index (κ2) is 33.9. The molecule has 0 spiro atoms. The molecule has 0 saturated carbocycles. The van der Waals surface area contributed by atoms with Gasteiger partial charge in [0.1, 0.15) is 0 Å². The molecule has 0 fully saturated rings. The van der Waals surface area contributed by atoms with Gasteiger partial charge in [-0.05, 0) is 139 Å². The summed E-state index contributed by atoms with van der Waals surface area (Å²) in [6, 6.07) is 27.6. The smallest absolute Gasteiger partial charge is 0.0191 e. The van der Waals surface area contributed by atoms with Crippen molar-refractivity contribution in [3.8, 4) is 0 Å². The minimum Gasteiger partial charge on any atom is -0.421 e. The van der Waals surface area contributed by atoms with Crippen molar-refractivity contribution < 1.29 is 40.4 Å². The standard InChI is InChI=1S/2C31H48N3.C6H14.Sm/c2*1-19(2)25-15-13-16-26(20(3)4)29(25)32-31(34(23(9)10)24(11)12)33-30-27(21(5)6)17-14-18-28(30)22(7)8;1-3-5-6-4-2;/h2*13-24H,1-12H3;3-6H2,1-2H3;/q2*-1;;. The third-order valence-electron chi connectivity index (χ3n) is 13.9. The van der Waals surface area contributed by atoms with Crippen LogP contribution in [0.4, 0.5) is 22.7 Å². The van der Waals surface area contributed by atoms with Crippen LogP contribution in [0.2, 0.25) is 0 Å². The number of guanidine groups is 2. The zero-order chi connectivity index (χ0) is 56.3. The zero-order valence-corrected chi connectivity index (χ0v) is 55.4. The summed E-state index contributed by atoms with van der Waals surface area (Å²) < 4.78 is 0. The van der Waals surface area contributed by atoms with Gasteiger partial charge < -0.3 is 30.4 Å². The van der Waals surface area contributed by atoms with Crippen molar-refractivity contribution in [1.82, 2.24) is 9.80 Å². The molecule has 420 valence electrons. The number of rotatable bonds is 19. The van der Waals surface area contributed by atoms with Crippen molar-refractivity contribution >= 4 is 34.7 Å². The van der Waals surface area contributed by atoms with E-state index in [-0.39, 0.29) is 64.6 Å². The van der Waals surface area contributed by atoms with E-state index < -0.39 is 0 Å².